The Morgan fingerprint density at radius 1 is 1.30 bits per heavy atom. The molecule has 3 rings (SSSR count). The molecule has 0 aliphatic carbocycles. The number of carbonyl (C=O) groups is 1. The number of fused-ring (bicyclic) bond motifs is 2. The number of hydrogen-bond acceptors (Lipinski definition) is 2. The standard InChI is InChI=1S/C16H21BrN2O/c1-19(14-9-12-6-7-13(10-14)18-12)16(20)8-11-4-2-3-5-15(11)17/h2-5,12-14,18H,6-10H2,1H3/t12-,13-/m1/s1. The molecular weight excluding hydrogens is 316 g/mol. The lowest BCUT2D eigenvalue weighted by Gasteiger charge is -2.35. The second-order valence-electron chi connectivity index (χ2n) is 6.04. The molecule has 2 atom stereocenters. The lowest BCUT2D eigenvalue weighted by atomic mass is 9.98. The van der Waals surface area contributed by atoms with E-state index in [2.05, 4.69) is 21.2 Å². The van der Waals surface area contributed by atoms with Gasteiger partial charge >= 0.3 is 0 Å². The minimum Gasteiger partial charge on any atom is -0.342 e. The molecule has 0 unspecified atom stereocenters. The molecule has 2 aliphatic heterocycles. The van der Waals surface area contributed by atoms with Crippen LogP contribution in [-0.2, 0) is 11.2 Å². The smallest absolute Gasteiger partial charge is 0.227 e. The summed E-state index contributed by atoms with van der Waals surface area (Å²) in [6, 6.07) is 9.62. The van der Waals surface area contributed by atoms with Crippen LogP contribution in [0.25, 0.3) is 0 Å². The maximum atomic E-state index is 12.5. The van der Waals surface area contributed by atoms with E-state index in [9.17, 15) is 4.79 Å². The Bertz CT molecular complexity index is 493. The van der Waals surface area contributed by atoms with Gasteiger partial charge in [-0.2, -0.15) is 0 Å². The van der Waals surface area contributed by atoms with Crippen LogP contribution in [0.2, 0.25) is 0 Å². The molecule has 2 heterocycles. The Morgan fingerprint density at radius 3 is 2.60 bits per heavy atom. The summed E-state index contributed by atoms with van der Waals surface area (Å²) in [5, 5.41) is 3.63. The van der Waals surface area contributed by atoms with Gasteiger partial charge in [-0.25, -0.2) is 0 Å². The highest BCUT2D eigenvalue weighted by molar-refractivity contribution is 9.10. The highest BCUT2D eigenvalue weighted by Gasteiger charge is 2.36. The first-order chi connectivity index (χ1) is 9.63. The molecule has 4 heteroatoms. The first kappa shape index (κ1) is 14.1. The Balaban J connectivity index is 1.63. The molecule has 2 bridgehead atoms. The van der Waals surface area contributed by atoms with Gasteiger partial charge in [0, 0.05) is 29.6 Å². The maximum Gasteiger partial charge on any atom is 0.227 e. The van der Waals surface area contributed by atoms with E-state index in [1.165, 1.54) is 12.8 Å². The topological polar surface area (TPSA) is 32.3 Å². The van der Waals surface area contributed by atoms with Gasteiger partial charge in [0.2, 0.25) is 5.91 Å². The lowest BCUT2D eigenvalue weighted by molar-refractivity contribution is -0.131. The third-order valence-corrected chi connectivity index (χ3v) is 5.46. The van der Waals surface area contributed by atoms with Crippen molar-refractivity contribution >= 4 is 21.8 Å². The fourth-order valence-electron chi connectivity index (χ4n) is 3.48. The number of nitrogens with zero attached hydrogens (tertiary/aromatic N) is 1. The van der Waals surface area contributed by atoms with E-state index in [0.717, 1.165) is 22.9 Å². The Labute approximate surface area is 128 Å². The highest BCUT2D eigenvalue weighted by Crippen LogP contribution is 2.29. The maximum absolute atomic E-state index is 12.5. The van der Waals surface area contributed by atoms with Crippen molar-refractivity contribution in [3.8, 4) is 0 Å². The van der Waals surface area contributed by atoms with Crippen LogP contribution in [0.3, 0.4) is 0 Å². The summed E-state index contributed by atoms with van der Waals surface area (Å²) < 4.78 is 1.02. The van der Waals surface area contributed by atoms with E-state index in [-0.39, 0.29) is 5.91 Å². The molecule has 1 N–H and O–H groups in total. The van der Waals surface area contributed by atoms with E-state index < -0.39 is 0 Å². The Kier molecular flexibility index (Phi) is 4.13. The number of nitrogens with one attached hydrogen (secondary N) is 1. The van der Waals surface area contributed by atoms with Gasteiger partial charge in [-0.15, -0.1) is 0 Å². The lowest BCUT2D eigenvalue weighted by Crippen LogP contribution is -2.49. The molecule has 1 aromatic carbocycles. The summed E-state index contributed by atoms with van der Waals surface area (Å²) in [6.07, 6.45) is 5.24. The van der Waals surface area contributed by atoms with Gasteiger partial charge in [0.25, 0.3) is 0 Å². The van der Waals surface area contributed by atoms with Crippen LogP contribution >= 0.6 is 15.9 Å². The predicted molar refractivity (Wildman–Crippen MR) is 83.6 cm³/mol. The van der Waals surface area contributed by atoms with Crippen molar-refractivity contribution in [2.75, 3.05) is 7.05 Å². The minimum absolute atomic E-state index is 0.225. The number of carbonyl (C=O) groups excluding carboxylic acids is 1. The van der Waals surface area contributed by atoms with E-state index in [1.54, 1.807) is 0 Å². The Morgan fingerprint density at radius 2 is 1.95 bits per heavy atom. The molecule has 0 radical (unpaired) electrons. The predicted octanol–water partition coefficient (Wildman–Crippen LogP) is 2.73. The zero-order chi connectivity index (χ0) is 14.1. The van der Waals surface area contributed by atoms with Crippen molar-refractivity contribution in [3.63, 3.8) is 0 Å². The Hall–Kier alpha value is -0.870. The van der Waals surface area contributed by atoms with Gasteiger partial charge in [-0.3, -0.25) is 4.79 Å². The molecular formula is C16H21BrN2O. The van der Waals surface area contributed by atoms with Crippen molar-refractivity contribution in [3.05, 3.63) is 34.3 Å². The van der Waals surface area contributed by atoms with E-state index in [4.69, 9.17) is 0 Å². The van der Waals surface area contributed by atoms with Gasteiger partial charge in [-0.05, 0) is 37.3 Å². The monoisotopic (exact) mass is 336 g/mol. The van der Waals surface area contributed by atoms with Crippen molar-refractivity contribution in [2.45, 2.75) is 50.2 Å². The number of rotatable bonds is 3. The van der Waals surface area contributed by atoms with Crippen LogP contribution < -0.4 is 5.32 Å². The van der Waals surface area contributed by atoms with E-state index >= 15 is 0 Å². The molecule has 0 saturated carbocycles. The molecule has 2 aliphatic rings. The molecule has 0 aromatic heterocycles. The molecule has 1 amide bonds. The zero-order valence-electron chi connectivity index (χ0n) is 11.8. The quantitative estimate of drug-likeness (QED) is 0.920. The molecule has 1 aromatic rings. The van der Waals surface area contributed by atoms with Crippen LogP contribution in [-0.4, -0.2) is 36.0 Å². The minimum atomic E-state index is 0.225. The fourth-order valence-corrected chi connectivity index (χ4v) is 3.90. The average Bonchev–Trinajstić information content (AvgIpc) is 2.79. The SMILES string of the molecule is CN(C(=O)Cc1ccccc1Br)C1C[C@H]2CC[C@H](C1)N2. The van der Waals surface area contributed by atoms with Crippen molar-refractivity contribution in [2.24, 2.45) is 0 Å². The van der Waals surface area contributed by atoms with Crippen LogP contribution in [0.4, 0.5) is 0 Å². The van der Waals surface area contributed by atoms with E-state index in [0.29, 0.717) is 24.5 Å². The number of hydrogen-bond donors (Lipinski definition) is 1. The fraction of sp³-hybridized carbons (Fsp3) is 0.562. The van der Waals surface area contributed by atoms with Gasteiger partial charge in [0.1, 0.15) is 0 Å². The van der Waals surface area contributed by atoms with Crippen molar-refractivity contribution < 1.29 is 4.79 Å². The van der Waals surface area contributed by atoms with Crippen LogP contribution in [0, 0.1) is 0 Å². The molecule has 20 heavy (non-hydrogen) atoms. The zero-order valence-corrected chi connectivity index (χ0v) is 13.4. The van der Waals surface area contributed by atoms with Crippen LogP contribution in [0.5, 0.6) is 0 Å². The third-order valence-electron chi connectivity index (χ3n) is 4.69. The number of benzene rings is 1. The molecule has 108 valence electrons. The van der Waals surface area contributed by atoms with Gasteiger partial charge < -0.3 is 10.2 Å². The first-order valence-electron chi connectivity index (χ1n) is 7.38. The van der Waals surface area contributed by atoms with Gasteiger partial charge in [0.05, 0.1) is 6.42 Å². The van der Waals surface area contributed by atoms with Crippen molar-refractivity contribution in [1.82, 2.24) is 10.2 Å². The summed E-state index contributed by atoms with van der Waals surface area (Å²) in [4.78, 5) is 14.5. The molecule has 0 spiro atoms. The number of likely N-dealkylation sites (N-methyl/N-ethyl adjacent to an activating group) is 1. The second kappa shape index (κ2) is 5.86. The van der Waals surface area contributed by atoms with Crippen LogP contribution in [0.15, 0.2) is 28.7 Å². The second-order valence-corrected chi connectivity index (χ2v) is 6.89. The van der Waals surface area contributed by atoms with Crippen LogP contribution in [0.1, 0.15) is 31.2 Å². The molecule has 2 saturated heterocycles. The third kappa shape index (κ3) is 2.91. The summed E-state index contributed by atoms with van der Waals surface area (Å²) in [5.74, 6) is 0.225. The normalized spacial score (nSPS) is 28.4. The summed E-state index contributed by atoms with van der Waals surface area (Å²) in [5.41, 5.74) is 1.07. The highest BCUT2D eigenvalue weighted by atomic mass is 79.9. The van der Waals surface area contributed by atoms with Gasteiger partial charge in [0.15, 0.2) is 0 Å². The largest absolute Gasteiger partial charge is 0.342 e. The molecule has 2 fully saturated rings. The summed E-state index contributed by atoms with van der Waals surface area (Å²) in [7, 11) is 1.97. The summed E-state index contributed by atoms with van der Waals surface area (Å²) >= 11 is 3.52. The number of piperidine rings is 1. The first-order valence-corrected chi connectivity index (χ1v) is 8.18. The van der Waals surface area contributed by atoms with Gasteiger partial charge in [-0.1, -0.05) is 34.1 Å². The number of halogens is 1. The number of amides is 1. The van der Waals surface area contributed by atoms with Crippen molar-refractivity contribution in [1.29, 1.82) is 0 Å². The van der Waals surface area contributed by atoms with E-state index in [1.807, 2.05) is 36.2 Å². The molecule has 3 nitrogen and oxygen atoms in total. The average molecular weight is 337 g/mol. The summed E-state index contributed by atoms with van der Waals surface area (Å²) in [6.45, 7) is 0.